The zero-order valence-corrected chi connectivity index (χ0v) is 10.6. The second-order valence-corrected chi connectivity index (χ2v) is 4.56. The van der Waals surface area contributed by atoms with Gasteiger partial charge in [0.25, 0.3) is 5.69 Å². The van der Waals surface area contributed by atoms with Crippen molar-refractivity contribution in [2.24, 2.45) is 0 Å². The molecule has 0 aromatic heterocycles. The van der Waals surface area contributed by atoms with E-state index in [1.54, 1.807) is 13.0 Å². The molecule has 0 unspecified atom stereocenters. The van der Waals surface area contributed by atoms with Gasteiger partial charge in [-0.25, -0.2) is 0 Å². The number of halogens is 1. The highest BCUT2D eigenvalue weighted by Gasteiger charge is 2.13. The van der Waals surface area contributed by atoms with Gasteiger partial charge in [-0.3, -0.25) is 10.1 Å². The number of nitro groups is 1. The average molecular weight is 262 g/mol. The van der Waals surface area contributed by atoms with Crippen LogP contribution in [0.25, 0.3) is 0 Å². The summed E-state index contributed by atoms with van der Waals surface area (Å²) in [5, 5.41) is 11.5. The largest absolute Gasteiger partial charge is 0.272 e. The summed E-state index contributed by atoms with van der Waals surface area (Å²) in [5.41, 5.74) is 2.94. The van der Waals surface area contributed by atoms with E-state index in [1.807, 2.05) is 30.3 Å². The van der Waals surface area contributed by atoms with Crippen LogP contribution in [0.2, 0.25) is 5.02 Å². The molecule has 92 valence electrons. The van der Waals surface area contributed by atoms with Crippen LogP contribution in [-0.4, -0.2) is 4.92 Å². The maximum Gasteiger partial charge on any atom is 0.272 e. The van der Waals surface area contributed by atoms with Crippen LogP contribution in [0, 0.1) is 17.0 Å². The van der Waals surface area contributed by atoms with Gasteiger partial charge in [0.15, 0.2) is 0 Å². The van der Waals surface area contributed by atoms with Crippen LogP contribution in [0.15, 0.2) is 42.5 Å². The van der Waals surface area contributed by atoms with E-state index in [0.717, 1.165) is 16.7 Å². The summed E-state index contributed by atoms with van der Waals surface area (Å²) in [4.78, 5) is 10.5. The van der Waals surface area contributed by atoms with Crippen molar-refractivity contribution in [1.82, 2.24) is 0 Å². The highest BCUT2D eigenvalue weighted by atomic mass is 35.5. The maximum atomic E-state index is 10.9. The van der Waals surface area contributed by atoms with Gasteiger partial charge in [0.1, 0.15) is 0 Å². The van der Waals surface area contributed by atoms with Gasteiger partial charge in [0, 0.05) is 16.7 Å². The molecule has 0 aliphatic carbocycles. The third-order valence-corrected chi connectivity index (χ3v) is 3.17. The Morgan fingerprint density at radius 2 is 1.83 bits per heavy atom. The van der Waals surface area contributed by atoms with Gasteiger partial charge in [0.05, 0.1) is 4.92 Å². The Hall–Kier alpha value is -1.87. The minimum absolute atomic E-state index is 0.168. The first-order valence-corrected chi connectivity index (χ1v) is 5.93. The van der Waals surface area contributed by atoms with E-state index in [2.05, 4.69) is 0 Å². The molecule has 3 nitrogen and oxygen atoms in total. The molecule has 0 heterocycles. The Balaban J connectivity index is 2.32. The van der Waals surface area contributed by atoms with Crippen LogP contribution in [0.1, 0.15) is 16.7 Å². The summed E-state index contributed by atoms with van der Waals surface area (Å²) < 4.78 is 0. The second kappa shape index (κ2) is 5.19. The van der Waals surface area contributed by atoms with Gasteiger partial charge in [0.2, 0.25) is 0 Å². The van der Waals surface area contributed by atoms with Crippen LogP contribution in [0.5, 0.6) is 0 Å². The Labute approximate surface area is 110 Å². The minimum atomic E-state index is -0.347. The lowest BCUT2D eigenvalue weighted by Gasteiger charge is -2.06. The van der Waals surface area contributed by atoms with Crippen LogP contribution in [0.3, 0.4) is 0 Å². The fraction of sp³-hybridized carbons (Fsp3) is 0.143. The van der Waals surface area contributed by atoms with Crippen LogP contribution < -0.4 is 0 Å². The molecule has 2 aromatic rings. The topological polar surface area (TPSA) is 43.1 Å². The lowest BCUT2D eigenvalue weighted by molar-refractivity contribution is -0.385. The first-order chi connectivity index (χ1) is 8.58. The van der Waals surface area contributed by atoms with Crippen molar-refractivity contribution in [3.05, 3.63) is 74.3 Å². The third-order valence-electron chi connectivity index (χ3n) is 2.92. The molecule has 2 rings (SSSR count). The first kappa shape index (κ1) is 12.6. The standard InChI is InChI=1S/C14H12ClNO2/c1-10-12(3-2-4-14(10)16(17)18)9-11-5-7-13(15)8-6-11/h2-8H,9H2,1H3. The predicted octanol–water partition coefficient (Wildman–Crippen LogP) is 4.15. The SMILES string of the molecule is Cc1c(Cc2ccc(Cl)cc2)cccc1[N+](=O)[O-]. The second-order valence-electron chi connectivity index (χ2n) is 4.12. The van der Waals surface area contributed by atoms with E-state index < -0.39 is 0 Å². The fourth-order valence-electron chi connectivity index (χ4n) is 1.88. The summed E-state index contributed by atoms with van der Waals surface area (Å²) in [5.74, 6) is 0. The Bertz CT molecular complexity index is 579. The number of nitro benzene ring substituents is 1. The molecule has 0 saturated carbocycles. The van der Waals surface area contributed by atoms with E-state index in [-0.39, 0.29) is 10.6 Å². The van der Waals surface area contributed by atoms with Crippen LogP contribution >= 0.6 is 11.6 Å². The molecule has 0 bridgehead atoms. The van der Waals surface area contributed by atoms with Crippen molar-refractivity contribution in [1.29, 1.82) is 0 Å². The molecule has 0 aliphatic heterocycles. The van der Waals surface area contributed by atoms with Gasteiger partial charge in [-0.15, -0.1) is 0 Å². The van der Waals surface area contributed by atoms with E-state index in [1.165, 1.54) is 6.07 Å². The van der Waals surface area contributed by atoms with Gasteiger partial charge >= 0.3 is 0 Å². The van der Waals surface area contributed by atoms with Crippen molar-refractivity contribution in [2.45, 2.75) is 13.3 Å². The zero-order chi connectivity index (χ0) is 13.1. The average Bonchev–Trinajstić information content (AvgIpc) is 2.34. The molecule has 18 heavy (non-hydrogen) atoms. The number of rotatable bonds is 3. The smallest absolute Gasteiger partial charge is 0.258 e. The number of hydrogen-bond donors (Lipinski definition) is 0. The van der Waals surface area contributed by atoms with Crippen molar-refractivity contribution in [3.8, 4) is 0 Å². The number of nitrogens with zero attached hydrogens (tertiary/aromatic N) is 1. The molecule has 0 fully saturated rings. The molecule has 4 heteroatoms. The van der Waals surface area contributed by atoms with Crippen LogP contribution in [0.4, 0.5) is 5.69 Å². The quantitative estimate of drug-likeness (QED) is 0.615. The summed E-state index contributed by atoms with van der Waals surface area (Å²) in [6.07, 6.45) is 0.671. The molecule has 0 atom stereocenters. The highest BCUT2D eigenvalue weighted by molar-refractivity contribution is 6.30. The van der Waals surface area contributed by atoms with Gasteiger partial charge in [-0.1, -0.05) is 35.9 Å². The first-order valence-electron chi connectivity index (χ1n) is 5.55. The van der Waals surface area contributed by atoms with E-state index >= 15 is 0 Å². The lowest BCUT2D eigenvalue weighted by atomic mass is 9.99. The summed E-state index contributed by atoms with van der Waals surface area (Å²) in [6, 6.07) is 12.7. The minimum Gasteiger partial charge on any atom is -0.258 e. The Kier molecular flexibility index (Phi) is 3.63. The third kappa shape index (κ3) is 2.68. The molecule has 2 aromatic carbocycles. The summed E-state index contributed by atoms with van der Waals surface area (Å²) in [6.45, 7) is 1.78. The predicted molar refractivity (Wildman–Crippen MR) is 72.1 cm³/mol. The van der Waals surface area contributed by atoms with E-state index in [4.69, 9.17) is 11.6 Å². The molecular weight excluding hydrogens is 250 g/mol. The number of benzene rings is 2. The van der Waals surface area contributed by atoms with E-state index in [9.17, 15) is 10.1 Å². The molecule has 0 saturated heterocycles. The normalized spacial score (nSPS) is 10.3. The molecule has 0 radical (unpaired) electrons. The Morgan fingerprint density at radius 1 is 1.17 bits per heavy atom. The zero-order valence-electron chi connectivity index (χ0n) is 9.89. The van der Waals surface area contributed by atoms with Gasteiger partial charge < -0.3 is 0 Å². The maximum absolute atomic E-state index is 10.9. The van der Waals surface area contributed by atoms with Crippen molar-refractivity contribution >= 4 is 17.3 Å². The molecular formula is C14H12ClNO2. The van der Waals surface area contributed by atoms with Gasteiger partial charge in [-0.05, 0) is 36.6 Å². The van der Waals surface area contributed by atoms with Crippen molar-refractivity contribution in [3.63, 3.8) is 0 Å². The van der Waals surface area contributed by atoms with Crippen LogP contribution in [-0.2, 0) is 6.42 Å². The van der Waals surface area contributed by atoms with Crippen molar-refractivity contribution < 1.29 is 4.92 Å². The molecule has 0 amide bonds. The van der Waals surface area contributed by atoms with E-state index in [0.29, 0.717) is 11.4 Å². The molecule has 0 N–H and O–H groups in total. The lowest BCUT2D eigenvalue weighted by Crippen LogP contribution is -1.97. The summed E-state index contributed by atoms with van der Waals surface area (Å²) >= 11 is 5.82. The monoisotopic (exact) mass is 261 g/mol. The Morgan fingerprint density at radius 3 is 2.44 bits per heavy atom. The molecule has 0 spiro atoms. The summed E-state index contributed by atoms with van der Waals surface area (Å²) in [7, 11) is 0. The van der Waals surface area contributed by atoms with Gasteiger partial charge in [-0.2, -0.15) is 0 Å². The van der Waals surface area contributed by atoms with Crippen molar-refractivity contribution in [2.75, 3.05) is 0 Å². The highest BCUT2D eigenvalue weighted by Crippen LogP contribution is 2.23. The number of hydrogen-bond acceptors (Lipinski definition) is 2. The molecule has 0 aliphatic rings. The fourth-order valence-corrected chi connectivity index (χ4v) is 2.01.